The molecule has 0 spiro atoms. The van der Waals surface area contributed by atoms with Crippen molar-refractivity contribution < 1.29 is 4.79 Å². The van der Waals surface area contributed by atoms with Crippen molar-refractivity contribution in [3.05, 3.63) is 29.8 Å². The van der Waals surface area contributed by atoms with Gasteiger partial charge in [0, 0.05) is 12.4 Å². The van der Waals surface area contributed by atoms with Gasteiger partial charge in [-0.1, -0.05) is 6.92 Å². The second kappa shape index (κ2) is 3.78. The summed E-state index contributed by atoms with van der Waals surface area (Å²) in [6.07, 6.45) is 4.13. The summed E-state index contributed by atoms with van der Waals surface area (Å²) in [4.78, 5) is 20.0. The summed E-state index contributed by atoms with van der Waals surface area (Å²) >= 11 is 0. The summed E-state index contributed by atoms with van der Waals surface area (Å²) in [7, 11) is 0. The van der Waals surface area contributed by atoms with E-state index >= 15 is 0 Å². The number of Topliss-reactive ketones (excluding diaryl/α,β-unsaturated/α-hetero) is 1. The summed E-state index contributed by atoms with van der Waals surface area (Å²) in [5.41, 5.74) is 6.68. The van der Waals surface area contributed by atoms with Gasteiger partial charge in [-0.3, -0.25) is 9.20 Å². The molecule has 2 N–H and O–H groups in total. The average molecular weight is 204 g/mol. The molecule has 5 nitrogen and oxygen atoms in total. The summed E-state index contributed by atoms with van der Waals surface area (Å²) < 4.78 is 1.69. The fourth-order valence-electron chi connectivity index (χ4n) is 1.57. The number of carbonyl (C=O) groups is 1. The van der Waals surface area contributed by atoms with E-state index in [0.717, 1.165) is 5.69 Å². The molecule has 0 atom stereocenters. The fourth-order valence-corrected chi connectivity index (χ4v) is 1.57. The lowest BCUT2D eigenvalue weighted by Crippen LogP contribution is -2.17. The molecule has 0 amide bonds. The molecular weight excluding hydrogens is 192 g/mol. The highest BCUT2D eigenvalue weighted by molar-refractivity contribution is 5.97. The van der Waals surface area contributed by atoms with Gasteiger partial charge in [0.2, 0.25) is 5.78 Å². The molecule has 78 valence electrons. The van der Waals surface area contributed by atoms with Crippen LogP contribution in [-0.2, 0) is 6.42 Å². The van der Waals surface area contributed by atoms with Crippen LogP contribution < -0.4 is 5.73 Å². The summed E-state index contributed by atoms with van der Waals surface area (Å²) in [5.74, 6) is 0.443. The summed E-state index contributed by atoms with van der Waals surface area (Å²) in [6, 6.07) is 1.77. The Bertz CT molecular complexity index is 503. The first-order valence-electron chi connectivity index (χ1n) is 4.83. The molecule has 0 unspecified atom stereocenters. The van der Waals surface area contributed by atoms with Gasteiger partial charge >= 0.3 is 0 Å². The van der Waals surface area contributed by atoms with Gasteiger partial charge in [0.15, 0.2) is 5.78 Å². The standard InChI is InChI=1S/C10H12N4O/c1-2-7-9(8(15)6-11)14-5-3-4-12-10(14)13-7/h3-5H,2,6,11H2,1H3. The summed E-state index contributed by atoms with van der Waals surface area (Å²) in [5, 5.41) is 0. The molecule has 2 rings (SSSR count). The molecule has 0 aromatic carbocycles. The quantitative estimate of drug-likeness (QED) is 0.736. The Morgan fingerprint density at radius 1 is 1.60 bits per heavy atom. The highest BCUT2D eigenvalue weighted by Crippen LogP contribution is 2.11. The molecule has 0 aliphatic carbocycles. The van der Waals surface area contributed by atoms with Crippen LogP contribution in [-0.4, -0.2) is 26.7 Å². The maximum absolute atomic E-state index is 11.7. The van der Waals surface area contributed by atoms with Crippen LogP contribution in [0.2, 0.25) is 0 Å². The van der Waals surface area contributed by atoms with Gasteiger partial charge in [0.05, 0.1) is 12.2 Å². The Morgan fingerprint density at radius 2 is 2.40 bits per heavy atom. The lowest BCUT2D eigenvalue weighted by molar-refractivity contribution is 0.0995. The molecule has 0 bridgehead atoms. The van der Waals surface area contributed by atoms with Gasteiger partial charge in [0.25, 0.3) is 0 Å². The molecule has 2 heterocycles. The van der Waals surface area contributed by atoms with Crippen molar-refractivity contribution in [2.24, 2.45) is 5.73 Å². The zero-order chi connectivity index (χ0) is 10.8. The molecule has 0 saturated carbocycles. The van der Waals surface area contributed by atoms with Crippen LogP contribution in [0.4, 0.5) is 0 Å². The Balaban J connectivity index is 2.72. The lowest BCUT2D eigenvalue weighted by Gasteiger charge is -1.99. The highest BCUT2D eigenvalue weighted by Gasteiger charge is 2.16. The number of ketones is 1. The number of nitrogens with zero attached hydrogens (tertiary/aromatic N) is 3. The van der Waals surface area contributed by atoms with Crippen molar-refractivity contribution in [1.29, 1.82) is 0 Å². The minimum Gasteiger partial charge on any atom is -0.324 e. The van der Waals surface area contributed by atoms with Crippen molar-refractivity contribution in [2.75, 3.05) is 6.54 Å². The van der Waals surface area contributed by atoms with E-state index in [0.29, 0.717) is 17.9 Å². The van der Waals surface area contributed by atoms with E-state index in [1.165, 1.54) is 0 Å². The first kappa shape index (κ1) is 9.79. The van der Waals surface area contributed by atoms with Crippen LogP contribution in [0.1, 0.15) is 23.1 Å². The Morgan fingerprint density at radius 3 is 3.07 bits per heavy atom. The topological polar surface area (TPSA) is 73.3 Å². The van der Waals surface area contributed by atoms with Gasteiger partial charge in [-0.25, -0.2) is 9.97 Å². The predicted octanol–water partition coefficient (Wildman–Crippen LogP) is 0.433. The number of carbonyl (C=O) groups excluding carboxylic acids is 1. The van der Waals surface area contributed by atoms with E-state index in [4.69, 9.17) is 5.73 Å². The van der Waals surface area contributed by atoms with Crippen LogP contribution in [0.3, 0.4) is 0 Å². The third-order valence-electron chi connectivity index (χ3n) is 2.26. The average Bonchev–Trinajstić information content (AvgIpc) is 2.66. The van der Waals surface area contributed by atoms with E-state index in [9.17, 15) is 4.79 Å². The number of aromatic nitrogens is 3. The Labute approximate surface area is 87.0 Å². The SMILES string of the molecule is CCc1nc2ncccn2c1C(=O)CN. The molecule has 0 saturated heterocycles. The van der Waals surface area contributed by atoms with Crippen LogP contribution >= 0.6 is 0 Å². The van der Waals surface area contributed by atoms with Gasteiger partial charge in [0.1, 0.15) is 5.69 Å². The normalized spacial score (nSPS) is 10.8. The number of fused-ring (bicyclic) bond motifs is 1. The van der Waals surface area contributed by atoms with Crippen molar-refractivity contribution in [2.45, 2.75) is 13.3 Å². The first-order chi connectivity index (χ1) is 7.27. The van der Waals surface area contributed by atoms with Crippen LogP contribution in [0.15, 0.2) is 18.5 Å². The molecule has 0 fully saturated rings. The van der Waals surface area contributed by atoms with Crippen molar-refractivity contribution >= 4 is 11.6 Å². The number of hydrogen-bond acceptors (Lipinski definition) is 4. The molecule has 0 aliphatic rings. The van der Waals surface area contributed by atoms with Crippen molar-refractivity contribution in [3.8, 4) is 0 Å². The van der Waals surface area contributed by atoms with E-state index in [1.54, 1.807) is 22.9 Å². The van der Waals surface area contributed by atoms with E-state index in [-0.39, 0.29) is 12.3 Å². The zero-order valence-corrected chi connectivity index (χ0v) is 8.47. The third kappa shape index (κ3) is 1.50. The number of hydrogen-bond donors (Lipinski definition) is 1. The second-order valence-corrected chi connectivity index (χ2v) is 3.18. The van der Waals surface area contributed by atoms with E-state index < -0.39 is 0 Å². The number of aryl methyl sites for hydroxylation is 1. The van der Waals surface area contributed by atoms with Crippen LogP contribution in [0.25, 0.3) is 5.78 Å². The van der Waals surface area contributed by atoms with Crippen molar-refractivity contribution in [3.63, 3.8) is 0 Å². The molecule has 15 heavy (non-hydrogen) atoms. The number of imidazole rings is 1. The lowest BCUT2D eigenvalue weighted by atomic mass is 10.2. The molecular formula is C10H12N4O. The molecule has 0 aliphatic heterocycles. The fraction of sp³-hybridized carbons (Fsp3) is 0.300. The first-order valence-corrected chi connectivity index (χ1v) is 4.83. The minimum absolute atomic E-state index is 0.00428. The van der Waals surface area contributed by atoms with Gasteiger partial charge in [-0.05, 0) is 12.5 Å². The minimum atomic E-state index is -0.104. The Kier molecular flexibility index (Phi) is 2.47. The molecule has 2 aromatic rings. The maximum atomic E-state index is 11.7. The third-order valence-corrected chi connectivity index (χ3v) is 2.26. The smallest absolute Gasteiger partial charge is 0.234 e. The Hall–Kier alpha value is -1.75. The monoisotopic (exact) mass is 204 g/mol. The van der Waals surface area contributed by atoms with Gasteiger partial charge < -0.3 is 5.73 Å². The highest BCUT2D eigenvalue weighted by atomic mass is 16.1. The van der Waals surface area contributed by atoms with E-state index in [1.807, 2.05) is 6.92 Å². The maximum Gasteiger partial charge on any atom is 0.234 e. The number of rotatable bonds is 3. The van der Waals surface area contributed by atoms with Crippen LogP contribution in [0.5, 0.6) is 0 Å². The molecule has 5 heteroatoms. The summed E-state index contributed by atoms with van der Waals surface area (Å²) in [6.45, 7) is 1.95. The second-order valence-electron chi connectivity index (χ2n) is 3.18. The van der Waals surface area contributed by atoms with Crippen molar-refractivity contribution in [1.82, 2.24) is 14.4 Å². The number of nitrogens with two attached hydrogens (primary N) is 1. The van der Waals surface area contributed by atoms with Gasteiger partial charge in [-0.2, -0.15) is 0 Å². The van der Waals surface area contributed by atoms with Crippen LogP contribution in [0, 0.1) is 0 Å². The van der Waals surface area contributed by atoms with E-state index in [2.05, 4.69) is 9.97 Å². The molecule has 0 radical (unpaired) electrons. The van der Waals surface area contributed by atoms with Gasteiger partial charge in [-0.15, -0.1) is 0 Å². The predicted molar refractivity (Wildman–Crippen MR) is 55.7 cm³/mol. The largest absolute Gasteiger partial charge is 0.324 e. The zero-order valence-electron chi connectivity index (χ0n) is 8.47. The molecule has 2 aromatic heterocycles.